The molecule has 1 atom stereocenters. The highest BCUT2D eigenvalue weighted by molar-refractivity contribution is 5.83. The fourth-order valence-electron chi connectivity index (χ4n) is 0.511. The molecular weight excluding hydrogens is 182 g/mol. The number of carboxylic acid groups (broad SMARTS) is 2. The molecule has 0 heterocycles. The second-order valence-electron chi connectivity index (χ2n) is 2.21. The summed E-state index contributed by atoms with van der Waals surface area (Å²) in [5.74, 6) is -3.61. The van der Waals surface area contributed by atoms with Crippen LogP contribution in [-0.2, 0) is 19.1 Å². The maximum absolute atomic E-state index is 10.7. The van der Waals surface area contributed by atoms with E-state index in [1.165, 1.54) is 0 Å². The highest BCUT2D eigenvalue weighted by atomic mass is 16.6. The minimum atomic E-state index is -1.32. The summed E-state index contributed by atoms with van der Waals surface area (Å²) in [6, 6.07) is -1.32. The number of aliphatic carboxylic acids is 2. The first kappa shape index (κ1) is 11.4. The average Bonchev–Trinajstić information content (AvgIpc) is 1.98. The Balaban J connectivity index is 3.82. The SMILES string of the molecule is N[C@@H](CC(=O)O)C(=O)OCC(=O)O. The number of carbonyl (C=O) groups excluding carboxylic acids is 1. The van der Waals surface area contributed by atoms with Gasteiger partial charge in [0.1, 0.15) is 6.04 Å². The van der Waals surface area contributed by atoms with Gasteiger partial charge in [0.25, 0.3) is 0 Å². The van der Waals surface area contributed by atoms with Crippen molar-refractivity contribution in [2.75, 3.05) is 6.61 Å². The number of hydrogen-bond acceptors (Lipinski definition) is 5. The first-order valence-corrected chi connectivity index (χ1v) is 3.29. The summed E-state index contributed by atoms with van der Waals surface area (Å²) in [6.07, 6.45) is -0.585. The van der Waals surface area contributed by atoms with Crippen LogP contribution in [0.2, 0.25) is 0 Å². The van der Waals surface area contributed by atoms with E-state index >= 15 is 0 Å². The lowest BCUT2D eigenvalue weighted by molar-refractivity contribution is -0.157. The van der Waals surface area contributed by atoms with E-state index < -0.39 is 37.0 Å². The van der Waals surface area contributed by atoms with Gasteiger partial charge >= 0.3 is 17.9 Å². The lowest BCUT2D eigenvalue weighted by atomic mass is 10.2. The molecule has 7 nitrogen and oxygen atoms in total. The zero-order valence-corrected chi connectivity index (χ0v) is 6.60. The van der Waals surface area contributed by atoms with Crippen LogP contribution < -0.4 is 5.73 Å². The van der Waals surface area contributed by atoms with Crippen LogP contribution in [0.25, 0.3) is 0 Å². The highest BCUT2D eigenvalue weighted by Gasteiger charge is 2.19. The molecule has 0 saturated carbocycles. The standard InChI is InChI=1S/C6H9NO6/c7-3(1-4(8)9)6(12)13-2-5(10)11/h3H,1-2,7H2,(H,8,9)(H,10,11)/t3-/m0/s1. The number of carbonyl (C=O) groups is 3. The van der Waals surface area contributed by atoms with Gasteiger partial charge in [-0.1, -0.05) is 0 Å². The van der Waals surface area contributed by atoms with Crippen molar-refractivity contribution in [2.24, 2.45) is 5.73 Å². The molecule has 0 fully saturated rings. The molecular formula is C6H9NO6. The van der Waals surface area contributed by atoms with Gasteiger partial charge in [-0.3, -0.25) is 9.59 Å². The first-order valence-electron chi connectivity index (χ1n) is 3.29. The van der Waals surface area contributed by atoms with Crippen molar-refractivity contribution in [3.63, 3.8) is 0 Å². The van der Waals surface area contributed by atoms with E-state index in [1.54, 1.807) is 0 Å². The van der Waals surface area contributed by atoms with E-state index in [0.717, 1.165) is 0 Å². The van der Waals surface area contributed by atoms with E-state index in [2.05, 4.69) is 4.74 Å². The minimum Gasteiger partial charge on any atom is -0.481 e. The number of nitrogens with two attached hydrogens (primary N) is 1. The number of rotatable bonds is 5. The Morgan fingerprint density at radius 3 is 2.15 bits per heavy atom. The summed E-state index contributed by atoms with van der Waals surface area (Å²) in [5, 5.41) is 16.3. The van der Waals surface area contributed by atoms with Gasteiger partial charge in [-0.25, -0.2) is 4.79 Å². The van der Waals surface area contributed by atoms with Crippen LogP contribution in [0, 0.1) is 0 Å². The highest BCUT2D eigenvalue weighted by Crippen LogP contribution is 1.92. The fraction of sp³-hybridized carbons (Fsp3) is 0.500. The van der Waals surface area contributed by atoms with Gasteiger partial charge in [-0.2, -0.15) is 0 Å². The van der Waals surface area contributed by atoms with Gasteiger partial charge in [-0.05, 0) is 0 Å². The van der Waals surface area contributed by atoms with E-state index in [1.807, 2.05) is 0 Å². The smallest absolute Gasteiger partial charge is 0.341 e. The monoisotopic (exact) mass is 191 g/mol. The molecule has 0 aliphatic heterocycles. The number of carboxylic acids is 2. The Labute approximate surface area is 73.1 Å². The van der Waals surface area contributed by atoms with Crippen LogP contribution in [0.5, 0.6) is 0 Å². The molecule has 13 heavy (non-hydrogen) atoms. The zero-order valence-electron chi connectivity index (χ0n) is 6.60. The van der Waals surface area contributed by atoms with Crippen LogP contribution in [0.15, 0.2) is 0 Å². The third-order valence-electron chi connectivity index (χ3n) is 1.04. The van der Waals surface area contributed by atoms with Crippen molar-refractivity contribution in [1.82, 2.24) is 0 Å². The maximum atomic E-state index is 10.7. The van der Waals surface area contributed by atoms with Crippen LogP contribution in [0.1, 0.15) is 6.42 Å². The second-order valence-corrected chi connectivity index (χ2v) is 2.21. The van der Waals surface area contributed by atoms with Gasteiger partial charge in [0.05, 0.1) is 6.42 Å². The van der Waals surface area contributed by atoms with Gasteiger partial charge in [0.2, 0.25) is 0 Å². The largest absolute Gasteiger partial charge is 0.481 e. The number of hydrogen-bond donors (Lipinski definition) is 3. The fourth-order valence-corrected chi connectivity index (χ4v) is 0.511. The van der Waals surface area contributed by atoms with Gasteiger partial charge < -0.3 is 20.7 Å². The quantitative estimate of drug-likeness (QED) is 0.447. The second kappa shape index (κ2) is 5.09. The van der Waals surface area contributed by atoms with Crippen molar-refractivity contribution in [3.05, 3.63) is 0 Å². The third-order valence-corrected chi connectivity index (χ3v) is 1.04. The molecule has 7 heteroatoms. The average molecular weight is 191 g/mol. The van der Waals surface area contributed by atoms with Crippen LogP contribution in [-0.4, -0.2) is 40.8 Å². The predicted octanol–water partition coefficient (Wildman–Crippen LogP) is -1.58. The van der Waals surface area contributed by atoms with Gasteiger partial charge in [-0.15, -0.1) is 0 Å². The van der Waals surface area contributed by atoms with Gasteiger partial charge in [0.15, 0.2) is 6.61 Å². The molecule has 0 rings (SSSR count). The molecule has 74 valence electrons. The molecule has 0 aromatic heterocycles. The number of ether oxygens (including phenoxy) is 1. The van der Waals surface area contributed by atoms with Crippen molar-refractivity contribution >= 4 is 17.9 Å². The Morgan fingerprint density at radius 2 is 1.77 bits per heavy atom. The summed E-state index contributed by atoms with van der Waals surface area (Å²) < 4.78 is 4.14. The summed E-state index contributed by atoms with van der Waals surface area (Å²) in [6.45, 7) is -0.813. The number of esters is 1. The van der Waals surface area contributed by atoms with Crippen LogP contribution in [0.4, 0.5) is 0 Å². The molecule has 0 radical (unpaired) electrons. The van der Waals surface area contributed by atoms with E-state index in [4.69, 9.17) is 15.9 Å². The third kappa shape index (κ3) is 5.62. The predicted molar refractivity (Wildman–Crippen MR) is 38.8 cm³/mol. The normalized spacial score (nSPS) is 11.8. The Bertz CT molecular complexity index is 225. The van der Waals surface area contributed by atoms with E-state index in [9.17, 15) is 14.4 Å². The summed E-state index contributed by atoms with van der Waals surface area (Å²) in [7, 11) is 0. The van der Waals surface area contributed by atoms with Crippen molar-refractivity contribution in [2.45, 2.75) is 12.5 Å². The molecule has 0 aliphatic carbocycles. The molecule has 0 aliphatic rings. The molecule has 0 saturated heterocycles. The summed E-state index contributed by atoms with van der Waals surface area (Å²) in [4.78, 5) is 30.7. The molecule has 0 bridgehead atoms. The lowest BCUT2D eigenvalue weighted by Gasteiger charge is -2.06. The Morgan fingerprint density at radius 1 is 1.23 bits per heavy atom. The molecule has 0 aromatic rings. The topological polar surface area (TPSA) is 127 Å². The molecule has 0 unspecified atom stereocenters. The maximum Gasteiger partial charge on any atom is 0.341 e. The van der Waals surface area contributed by atoms with Crippen LogP contribution >= 0.6 is 0 Å². The zero-order chi connectivity index (χ0) is 10.4. The van der Waals surface area contributed by atoms with Crippen molar-refractivity contribution < 1.29 is 29.3 Å². The van der Waals surface area contributed by atoms with Gasteiger partial charge in [0, 0.05) is 0 Å². The van der Waals surface area contributed by atoms with Crippen molar-refractivity contribution in [1.29, 1.82) is 0 Å². The first-order chi connectivity index (χ1) is 5.93. The van der Waals surface area contributed by atoms with Crippen molar-refractivity contribution in [3.8, 4) is 0 Å². The molecule has 4 N–H and O–H groups in total. The Hall–Kier alpha value is -1.63. The van der Waals surface area contributed by atoms with Crippen LogP contribution in [0.3, 0.4) is 0 Å². The van der Waals surface area contributed by atoms with E-state index in [-0.39, 0.29) is 0 Å². The minimum absolute atomic E-state index is 0.585. The van der Waals surface area contributed by atoms with E-state index in [0.29, 0.717) is 0 Å². The molecule has 0 aromatic carbocycles. The Kier molecular flexibility index (Phi) is 4.45. The lowest BCUT2D eigenvalue weighted by Crippen LogP contribution is -2.35. The summed E-state index contributed by atoms with van der Waals surface area (Å²) in [5.41, 5.74) is 5.06. The molecule has 0 spiro atoms. The summed E-state index contributed by atoms with van der Waals surface area (Å²) >= 11 is 0. The molecule has 0 amide bonds.